The molecular weight excluding hydrogens is 126 g/mol. The lowest BCUT2D eigenvalue weighted by molar-refractivity contribution is 0.186. The fourth-order valence-corrected chi connectivity index (χ4v) is 0.907. The molecule has 1 unspecified atom stereocenters. The first-order valence-electron chi connectivity index (χ1n) is 4.08. The number of aliphatic hydroxyl groups excluding tert-OH is 1. The molecule has 0 aliphatic carbocycles. The Kier molecular flexibility index (Phi) is 5.64. The smallest absolute Gasteiger partial charge is 0.0636 e. The Morgan fingerprint density at radius 3 is 2.40 bits per heavy atom. The molecule has 0 bridgehead atoms. The van der Waals surface area contributed by atoms with E-state index in [1.807, 2.05) is 0 Å². The van der Waals surface area contributed by atoms with Gasteiger partial charge in [0, 0.05) is 12.6 Å². The first-order chi connectivity index (χ1) is 4.66. The second kappa shape index (κ2) is 5.69. The lowest BCUT2D eigenvalue weighted by Gasteiger charge is -2.13. The third kappa shape index (κ3) is 6.05. The molecule has 0 spiro atoms. The van der Waals surface area contributed by atoms with Crippen LogP contribution in [0.5, 0.6) is 0 Å². The fourth-order valence-electron chi connectivity index (χ4n) is 0.907. The molecule has 0 heterocycles. The Balaban J connectivity index is 3.12. The first kappa shape index (κ1) is 9.92. The molecule has 2 nitrogen and oxygen atoms in total. The predicted molar refractivity (Wildman–Crippen MR) is 44.1 cm³/mol. The summed E-state index contributed by atoms with van der Waals surface area (Å²) in [6, 6.07) is 0.541. The summed E-state index contributed by atoms with van der Waals surface area (Å²) in [6.45, 7) is 6.82. The summed E-state index contributed by atoms with van der Waals surface area (Å²) in [7, 11) is 0. The van der Waals surface area contributed by atoms with Gasteiger partial charge in [-0.2, -0.15) is 0 Å². The zero-order valence-electron chi connectivity index (χ0n) is 7.22. The van der Waals surface area contributed by atoms with Crippen LogP contribution in [0.25, 0.3) is 0 Å². The van der Waals surface area contributed by atoms with Gasteiger partial charge < -0.3 is 10.4 Å². The van der Waals surface area contributed by atoms with Crippen LogP contribution in [0.15, 0.2) is 0 Å². The minimum absolute atomic E-state index is 0.223. The van der Waals surface area contributed by atoms with E-state index >= 15 is 0 Å². The van der Waals surface area contributed by atoms with E-state index in [9.17, 15) is 0 Å². The molecule has 2 N–H and O–H groups in total. The lowest BCUT2D eigenvalue weighted by Crippen LogP contribution is -2.32. The van der Waals surface area contributed by atoms with Crippen molar-refractivity contribution in [1.29, 1.82) is 0 Å². The topological polar surface area (TPSA) is 32.3 Å². The molecular formula is C8H19NO. The number of hydrogen-bond acceptors (Lipinski definition) is 2. The molecule has 0 saturated carbocycles. The van der Waals surface area contributed by atoms with Gasteiger partial charge in [-0.25, -0.2) is 0 Å². The van der Waals surface area contributed by atoms with Gasteiger partial charge in [-0.15, -0.1) is 0 Å². The van der Waals surface area contributed by atoms with E-state index in [0.717, 1.165) is 0 Å². The highest BCUT2D eigenvalue weighted by atomic mass is 16.3. The van der Waals surface area contributed by atoms with E-state index in [0.29, 0.717) is 12.6 Å². The van der Waals surface area contributed by atoms with Crippen LogP contribution in [0, 0.1) is 0 Å². The summed E-state index contributed by atoms with van der Waals surface area (Å²) in [4.78, 5) is 0. The van der Waals surface area contributed by atoms with Crippen LogP contribution in [0.4, 0.5) is 0 Å². The number of aliphatic hydroxyl groups is 1. The van der Waals surface area contributed by atoms with Crippen molar-refractivity contribution in [3.05, 3.63) is 0 Å². The predicted octanol–water partition coefficient (Wildman–Crippen LogP) is 1.15. The van der Waals surface area contributed by atoms with E-state index in [4.69, 9.17) is 5.11 Å². The minimum atomic E-state index is -0.223. The maximum absolute atomic E-state index is 8.91. The maximum atomic E-state index is 8.91. The van der Waals surface area contributed by atoms with Crippen LogP contribution in [-0.2, 0) is 0 Å². The van der Waals surface area contributed by atoms with Crippen molar-refractivity contribution in [3.8, 4) is 0 Å². The van der Waals surface area contributed by atoms with Gasteiger partial charge in [-0.1, -0.05) is 13.3 Å². The van der Waals surface area contributed by atoms with Gasteiger partial charge in [-0.3, -0.25) is 0 Å². The Labute approximate surface area is 63.6 Å². The van der Waals surface area contributed by atoms with Crippen molar-refractivity contribution in [2.75, 3.05) is 6.54 Å². The molecule has 0 aromatic carbocycles. The van der Waals surface area contributed by atoms with Crippen molar-refractivity contribution in [1.82, 2.24) is 5.32 Å². The second-order valence-electron chi connectivity index (χ2n) is 2.95. The average Bonchev–Trinajstić information content (AvgIpc) is 1.85. The van der Waals surface area contributed by atoms with E-state index in [2.05, 4.69) is 19.2 Å². The number of rotatable bonds is 5. The van der Waals surface area contributed by atoms with Crippen molar-refractivity contribution in [3.63, 3.8) is 0 Å². The van der Waals surface area contributed by atoms with Gasteiger partial charge in [0.05, 0.1) is 6.10 Å². The van der Waals surface area contributed by atoms with Gasteiger partial charge in [0.15, 0.2) is 0 Å². The highest BCUT2D eigenvalue weighted by Crippen LogP contribution is 1.94. The molecule has 0 aliphatic rings. The molecule has 2 atom stereocenters. The van der Waals surface area contributed by atoms with Crippen LogP contribution >= 0.6 is 0 Å². The van der Waals surface area contributed by atoms with Crippen molar-refractivity contribution < 1.29 is 5.11 Å². The minimum Gasteiger partial charge on any atom is -0.392 e. The largest absolute Gasteiger partial charge is 0.392 e. The molecule has 62 valence electrons. The Morgan fingerprint density at radius 1 is 1.40 bits per heavy atom. The molecule has 0 fully saturated rings. The summed E-state index contributed by atoms with van der Waals surface area (Å²) in [5.41, 5.74) is 0. The highest BCUT2D eigenvalue weighted by molar-refractivity contribution is 4.61. The van der Waals surface area contributed by atoms with E-state index in [-0.39, 0.29) is 6.10 Å². The summed E-state index contributed by atoms with van der Waals surface area (Å²) < 4.78 is 0. The molecule has 0 saturated heterocycles. The van der Waals surface area contributed by atoms with E-state index in [1.165, 1.54) is 12.8 Å². The van der Waals surface area contributed by atoms with Crippen LogP contribution in [-0.4, -0.2) is 23.8 Å². The SMILES string of the molecule is CCCC(C)NC[C@@H](C)O. The number of hydrogen-bond donors (Lipinski definition) is 2. The molecule has 0 aliphatic heterocycles. The van der Waals surface area contributed by atoms with Crippen LogP contribution in [0.3, 0.4) is 0 Å². The zero-order valence-corrected chi connectivity index (χ0v) is 7.22. The standard InChI is InChI=1S/C8H19NO/c1-4-5-7(2)9-6-8(3)10/h7-10H,4-6H2,1-3H3/t7?,8-/m1/s1. The quantitative estimate of drug-likeness (QED) is 0.608. The van der Waals surface area contributed by atoms with Crippen molar-refractivity contribution >= 4 is 0 Å². The maximum Gasteiger partial charge on any atom is 0.0636 e. The van der Waals surface area contributed by atoms with Gasteiger partial charge in [0.1, 0.15) is 0 Å². The fraction of sp³-hybridized carbons (Fsp3) is 1.00. The first-order valence-corrected chi connectivity index (χ1v) is 4.08. The monoisotopic (exact) mass is 145 g/mol. The van der Waals surface area contributed by atoms with E-state index < -0.39 is 0 Å². The molecule has 2 heteroatoms. The number of nitrogens with one attached hydrogen (secondary N) is 1. The third-order valence-electron chi connectivity index (χ3n) is 1.48. The van der Waals surface area contributed by atoms with Gasteiger partial charge in [0.2, 0.25) is 0 Å². The molecule has 0 aromatic heterocycles. The van der Waals surface area contributed by atoms with Crippen molar-refractivity contribution in [2.45, 2.75) is 45.8 Å². The van der Waals surface area contributed by atoms with Gasteiger partial charge in [-0.05, 0) is 20.3 Å². The van der Waals surface area contributed by atoms with E-state index in [1.54, 1.807) is 6.92 Å². The highest BCUT2D eigenvalue weighted by Gasteiger charge is 2.00. The Bertz CT molecular complexity index is 73.7. The lowest BCUT2D eigenvalue weighted by atomic mass is 10.2. The van der Waals surface area contributed by atoms with Gasteiger partial charge in [0.25, 0.3) is 0 Å². The summed E-state index contributed by atoms with van der Waals surface area (Å²) in [6.07, 6.45) is 2.17. The Morgan fingerprint density at radius 2 is 2.00 bits per heavy atom. The summed E-state index contributed by atoms with van der Waals surface area (Å²) in [5.74, 6) is 0. The zero-order chi connectivity index (χ0) is 7.98. The second-order valence-corrected chi connectivity index (χ2v) is 2.95. The molecule has 0 radical (unpaired) electrons. The molecule has 0 amide bonds. The Hall–Kier alpha value is -0.0800. The van der Waals surface area contributed by atoms with Crippen molar-refractivity contribution in [2.24, 2.45) is 0 Å². The van der Waals surface area contributed by atoms with Crippen LogP contribution in [0.2, 0.25) is 0 Å². The van der Waals surface area contributed by atoms with Gasteiger partial charge >= 0.3 is 0 Å². The average molecular weight is 145 g/mol. The normalized spacial score (nSPS) is 16.8. The molecule has 0 rings (SSSR count). The van der Waals surface area contributed by atoms with Crippen LogP contribution < -0.4 is 5.32 Å². The molecule has 0 aromatic rings. The van der Waals surface area contributed by atoms with Crippen LogP contribution in [0.1, 0.15) is 33.6 Å². The molecule has 10 heavy (non-hydrogen) atoms. The summed E-state index contributed by atoms with van der Waals surface area (Å²) >= 11 is 0. The third-order valence-corrected chi connectivity index (χ3v) is 1.48. The summed E-state index contributed by atoms with van der Waals surface area (Å²) in [5, 5.41) is 12.1.